The summed E-state index contributed by atoms with van der Waals surface area (Å²) in [6, 6.07) is 13.4. The number of thiophene rings is 4. The Morgan fingerprint density at radius 1 is 0.552 bits per heavy atom. The summed E-state index contributed by atoms with van der Waals surface area (Å²) in [5.41, 5.74) is 5.51. The van der Waals surface area contributed by atoms with Gasteiger partial charge in [0.1, 0.15) is 0 Å². The molecule has 2 aliphatic heterocycles. The highest BCUT2D eigenvalue weighted by Crippen LogP contribution is 2.51. The molecule has 0 aliphatic carbocycles. The molecule has 4 aromatic rings. The van der Waals surface area contributed by atoms with Gasteiger partial charge in [-0.05, 0) is 123 Å². The molecule has 0 saturated carbocycles. The smallest absolute Gasteiger partial charge is 0.261 e. The number of unbranched alkanes of at least 4 members (excludes halogenated alkanes) is 8. The van der Waals surface area contributed by atoms with Crippen LogP contribution in [0, 0.1) is 18.3 Å². The molecule has 0 N–H and O–H groups in total. The van der Waals surface area contributed by atoms with E-state index in [-0.39, 0.29) is 11.8 Å². The molecule has 2 amide bonds. The maximum absolute atomic E-state index is 15.0. The van der Waals surface area contributed by atoms with Crippen LogP contribution in [-0.4, -0.2) is 34.7 Å². The third-order valence-electron chi connectivity index (χ3n) is 11.3. The van der Waals surface area contributed by atoms with Crippen LogP contribution in [0.2, 0.25) is 0 Å². The van der Waals surface area contributed by atoms with Gasteiger partial charge < -0.3 is 9.80 Å². The lowest BCUT2D eigenvalue weighted by molar-refractivity contribution is -0.124. The zero-order valence-electron chi connectivity index (χ0n) is 35.3. The lowest BCUT2D eigenvalue weighted by Gasteiger charge is -2.27. The van der Waals surface area contributed by atoms with E-state index in [1.165, 1.54) is 89.6 Å². The first-order chi connectivity index (χ1) is 28.1. The lowest BCUT2D eigenvalue weighted by atomic mass is 10.0. The average molecular weight is 986 g/mol. The van der Waals surface area contributed by atoms with Gasteiger partial charge in [0.05, 0.1) is 59.1 Å². The summed E-state index contributed by atoms with van der Waals surface area (Å²) >= 11 is 14.7. The summed E-state index contributed by atoms with van der Waals surface area (Å²) in [6.45, 7) is 14.6. The van der Waals surface area contributed by atoms with E-state index in [0.717, 1.165) is 66.1 Å². The minimum absolute atomic E-state index is 0.0310. The SMILES string of the molecule is CCCC[CH+]CCc1cc(-c2ccc(C3=C4C(=O)N(CC(C)CCC)C(c5ccc(-c6cc(CCCCCCC)c(Br)s6)s5)=C4C(=O)N3CC(C)CCC)s2)sc1Br. The normalized spacial score (nSPS) is 15.4. The fourth-order valence-corrected chi connectivity index (χ4v) is 14.1. The third kappa shape index (κ3) is 10.6. The van der Waals surface area contributed by atoms with E-state index in [2.05, 4.69) is 116 Å². The summed E-state index contributed by atoms with van der Waals surface area (Å²) in [4.78, 5) is 40.8. The van der Waals surface area contributed by atoms with Crippen molar-refractivity contribution in [3.05, 3.63) is 82.4 Å². The third-order valence-corrected chi connectivity index (χ3v) is 17.8. The quantitative estimate of drug-likeness (QED) is 0.0518. The number of halogens is 2. The number of fused-ring (bicyclic) bond motifs is 1. The maximum Gasteiger partial charge on any atom is 0.261 e. The van der Waals surface area contributed by atoms with Crippen LogP contribution >= 0.6 is 77.2 Å². The number of nitrogens with zero attached hydrogens (tertiary/aromatic N) is 2. The van der Waals surface area contributed by atoms with Gasteiger partial charge in [0.2, 0.25) is 0 Å². The molecule has 0 fully saturated rings. The van der Waals surface area contributed by atoms with Crippen molar-refractivity contribution >= 4 is 100 Å². The lowest BCUT2D eigenvalue weighted by Crippen LogP contribution is -2.33. The van der Waals surface area contributed by atoms with Gasteiger partial charge in [-0.1, -0.05) is 86.5 Å². The minimum Gasteiger partial charge on any atom is -0.306 e. The standard InChI is InChI=1S/C48H61Br2N2O2S4/c1-7-11-13-15-17-21-33-27-39(57-45(33)49)35-23-25-37(55-35)43-41-42(48(54)51(43)29-31(5)19-9-3)44(52(47(41)53)30-32(6)20-10-4)38-26-24-36(56-38)40-28-34(46(50)58-40)22-18-16-14-12-8-2/h15,23-28,31-32H,7-14,16-22,29-30H2,1-6H3/q+1. The van der Waals surface area contributed by atoms with Crippen LogP contribution in [0.15, 0.2) is 55.1 Å². The summed E-state index contributed by atoms with van der Waals surface area (Å²) in [5.74, 6) is 0.548. The topological polar surface area (TPSA) is 40.6 Å². The highest BCUT2D eigenvalue weighted by Gasteiger charge is 2.50. The van der Waals surface area contributed by atoms with Crippen LogP contribution in [-0.2, 0) is 22.4 Å². The first-order valence-corrected chi connectivity index (χ1v) is 26.7. The Balaban J connectivity index is 1.39. The van der Waals surface area contributed by atoms with Gasteiger partial charge in [-0.3, -0.25) is 9.59 Å². The zero-order chi connectivity index (χ0) is 41.3. The van der Waals surface area contributed by atoms with Crippen molar-refractivity contribution in [2.45, 2.75) is 138 Å². The predicted octanol–water partition coefficient (Wildman–Crippen LogP) is 16.3. The fourth-order valence-electron chi connectivity index (χ4n) is 8.31. The van der Waals surface area contributed by atoms with Crippen LogP contribution in [0.5, 0.6) is 0 Å². The Morgan fingerprint density at radius 3 is 1.50 bits per heavy atom. The van der Waals surface area contributed by atoms with Crippen LogP contribution in [0.4, 0.5) is 0 Å². The van der Waals surface area contributed by atoms with E-state index in [4.69, 9.17) is 0 Å². The van der Waals surface area contributed by atoms with Crippen molar-refractivity contribution in [2.24, 2.45) is 11.8 Å². The minimum atomic E-state index is -0.0310. The van der Waals surface area contributed by atoms with Crippen LogP contribution < -0.4 is 0 Å². The molecule has 4 nitrogen and oxygen atoms in total. The summed E-state index contributed by atoms with van der Waals surface area (Å²) in [5, 5.41) is 0. The van der Waals surface area contributed by atoms with Gasteiger partial charge in [0.25, 0.3) is 11.8 Å². The second-order valence-electron chi connectivity index (χ2n) is 16.3. The average Bonchev–Trinajstić information content (AvgIpc) is 4.06. The van der Waals surface area contributed by atoms with Crippen molar-refractivity contribution in [1.29, 1.82) is 0 Å². The van der Waals surface area contributed by atoms with E-state index in [1.54, 1.807) is 45.3 Å². The molecular weight excluding hydrogens is 925 g/mol. The van der Waals surface area contributed by atoms with E-state index >= 15 is 9.59 Å². The summed E-state index contributed by atoms with van der Waals surface area (Å²) < 4.78 is 2.40. The molecule has 0 saturated heterocycles. The molecule has 0 aromatic carbocycles. The van der Waals surface area contributed by atoms with Gasteiger partial charge in [-0.2, -0.15) is 0 Å². The van der Waals surface area contributed by atoms with E-state index in [1.807, 2.05) is 9.80 Å². The molecule has 0 radical (unpaired) electrons. The van der Waals surface area contributed by atoms with E-state index < -0.39 is 0 Å². The van der Waals surface area contributed by atoms with Crippen molar-refractivity contribution in [3.8, 4) is 19.5 Å². The van der Waals surface area contributed by atoms with E-state index in [0.29, 0.717) is 36.1 Å². The second-order valence-corrected chi connectivity index (χ2v) is 23.3. The highest BCUT2D eigenvalue weighted by atomic mass is 79.9. The number of carbonyl (C=O) groups is 2. The Morgan fingerprint density at radius 2 is 1.02 bits per heavy atom. The number of aryl methyl sites for hydroxylation is 2. The zero-order valence-corrected chi connectivity index (χ0v) is 41.8. The first kappa shape index (κ1) is 45.6. The summed E-state index contributed by atoms with van der Waals surface area (Å²) in [7, 11) is 0. The van der Waals surface area contributed by atoms with Gasteiger partial charge in [0, 0.05) is 39.0 Å². The van der Waals surface area contributed by atoms with Crippen molar-refractivity contribution < 1.29 is 9.59 Å². The van der Waals surface area contributed by atoms with Crippen LogP contribution in [0.3, 0.4) is 0 Å². The van der Waals surface area contributed by atoms with Crippen molar-refractivity contribution in [1.82, 2.24) is 9.80 Å². The molecular formula is C48H61Br2N2O2S4+. The first-order valence-electron chi connectivity index (χ1n) is 21.8. The second kappa shape index (κ2) is 21.7. The molecule has 10 heteroatoms. The van der Waals surface area contributed by atoms with Gasteiger partial charge in [-0.15, -0.1) is 45.3 Å². The maximum atomic E-state index is 15.0. The fraction of sp³-hybridized carbons (Fsp3) is 0.521. The van der Waals surface area contributed by atoms with Crippen molar-refractivity contribution in [3.63, 3.8) is 0 Å². The Labute approximate surface area is 381 Å². The number of hydrogen-bond donors (Lipinski definition) is 0. The molecule has 312 valence electrons. The number of hydrogen-bond acceptors (Lipinski definition) is 6. The van der Waals surface area contributed by atoms with Gasteiger partial charge in [0.15, 0.2) is 0 Å². The predicted molar refractivity (Wildman–Crippen MR) is 261 cm³/mol. The molecule has 58 heavy (non-hydrogen) atoms. The highest BCUT2D eigenvalue weighted by molar-refractivity contribution is 9.11. The molecule has 0 spiro atoms. The summed E-state index contributed by atoms with van der Waals surface area (Å²) in [6.07, 6.45) is 19.8. The number of rotatable bonds is 24. The van der Waals surface area contributed by atoms with Gasteiger partial charge >= 0.3 is 0 Å². The molecule has 2 aliphatic rings. The monoisotopic (exact) mass is 983 g/mol. The molecule has 2 atom stereocenters. The largest absolute Gasteiger partial charge is 0.306 e. The molecule has 2 unspecified atom stereocenters. The Bertz CT molecular complexity index is 1940. The number of amides is 2. The molecule has 4 aromatic heterocycles. The Hall–Kier alpha value is -1.95. The van der Waals surface area contributed by atoms with Gasteiger partial charge in [-0.25, -0.2) is 0 Å². The molecule has 6 heterocycles. The van der Waals surface area contributed by atoms with Crippen LogP contribution in [0.1, 0.15) is 146 Å². The van der Waals surface area contributed by atoms with E-state index in [9.17, 15) is 0 Å². The van der Waals surface area contributed by atoms with Crippen LogP contribution in [0.25, 0.3) is 30.9 Å². The molecule has 6 rings (SSSR count). The molecule has 0 bridgehead atoms. The Kier molecular flexibility index (Phi) is 17.1. The van der Waals surface area contributed by atoms with Crippen molar-refractivity contribution in [2.75, 3.05) is 13.1 Å². The number of carbonyl (C=O) groups excluding carboxylic acids is 2.